The average Bonchev–Trinajstić information content (AvgIpc) is 3.56. The van der Waals surface area contributed by atoms with Crippen LogP contribution in [0.3, 0.4) is 0 Å². The molecule has 0 unspecified atom stereocenters. The second-order valence-electron chi connectivity index (χ2n) is 7.85. The number of carbonyl (C=O) groups is 1. The number of aryl methyl sites for hydroxylation is 2. The largest absolute Gasteiger partial charge is 0.385 e. The third kappa shape index (κ3) is 4.78. The Morgan fingerprint density at radius 1 is 1.21 bits per heavy atom. The van der Waals surface area contributed by atoms with Gasteiger partial charge in [-0.1, -0.05) is 53.4 Å². The number of hydrogen-bond donors (Lipinski definition) is 1. The molecule has 11 heteroatoms. The van der Waals surface area contributed by atoms with Gasteiger partial charge >= 0.3 is 0 Å². The number of nitrogens with one attached hydrogen (secondary N) is 1. The summed E-state index contributed by atoms with van der Waals surface area (Å²) >= 11 is 4.20. The smallest absolute Gasteiger partial charge is 0.263 e. The van der Waals surface area contributed by atoms with Gasteiger partial charge in [0.15, 0.2) is 5.16 Å². The minimum atomic E-state index is -0.216. The van der Waals surface area contributed by atoms with Gasteiger partial charge in [-0.3, -0.25) is 19.5 Å². The molecule has 1 aliphatic carbocycles. The van der Waals surface area contributed by atoms with Crippen LogP contribution in [-0.2, 0) is 28.9 Å². The van der Waals surface area contributed by atoms with E-state index in [1.54, 1.807) is 23.0 Å². The van der Waals surface area contributed by atoms with E-state index in [2.05, 4.69) is 15.5 Å². The Hall–Kier alpha value is -2.60. The zero-order chi connectivity index (χ0) is 23.5. The molecule has 1 aliphatic rings. The van der Waals surface area contributed by atoms with Crippen LogP contribution >= 0.6 is 34.4 Å². The lowest BCUT2D eigenvalue weighted by molar-refractivity contribution is -0.113. The highest BCUT2D eigenvalue weighted by Gasteiger charge is 2.23. The molecule has 1 N–H and O–H groups in total. The van der Waals surface area contributed by atoms with E-state index in [0.29, 0.717) is 29.9 Å². The first-order valence-corrected chi connectivity index (χ1v) is 13.6. The fraction of sp³-hybridized carbons (Fsp3) is 0.348. The van der Waals surface area contributed by atoms with Crippen molar-refractivity contribution in [3.63, 3.8) is 0 Å². The average molecular weight is 514 g/mol. The minimum Gasteiger partial charge on any atom is -0.385 e. The van der Waals surface area contributed by atoms with Crippen molar-refractivity contribution in [1.82, 2.24) is 19.7 Å². The number of anilines is 1. The van der Waals surface area contributed by atoms with E-state index in [-0.39, 0.29) is 17.2 Å². The van der Waals surface area contributed by atoms with Gasteiger partial charge in [-0.05, 0) is 31.2 Å². The standard InChI is InChI=1S/C23H23N5O3S3/c1-31-12-6-11-28-21(30)18-15-9-5-10-16(15)33-20(18)25-23(28)32-13-17(29)24-22-27-26-19(34-22)14-7-3-2-4-8-14/h2-4,7-8H,5-6,9-13H2,1H3,(H,24,27,29). The van der Waals surface area contributed by atoms with Crippen molar-refractivity contribution in [3.8, 4) is 10.6 Å². The van der Waals surface area contributed by atoms with Crippen LogP contribution in [-0.4, -0.2) is 45.1 Å². The number of carbonyl (C=O) groups excluding carboxylic acids is 1. The third-order valence-electron chi connectivity index (χ3n) is 5.54. The summed E-state index contributed by atoms with van der Waals surface area (Å²) in [5, 5.41) is 13.6. The Kier molecular flexibility index (Phi) is 7.05. The number of methoxy groups -OCH3 is 1. The number of benzene rings is 1. The molecule has 0 fully saturated rings. The molecule has 0 aliphatic heterocycles. The molecule has 176 valence electrons. The molecule has 5 rings (SSSR count). The minimum absolute atomic E-state index is 0.0139. The number of nitrogens with zero attached hydrogens (tertiary/aromatic N) is 4. The molecule has 0 atom stereocenters. The number of amides is 1. The summed E-state index contributed by atoms with van der Waals surface area (Å²) in [5.74, 6) is -0.0969. The highest BCUT2D eigenvalue weighted by Crippen LogP contribution is 2.35. The molecule has 0 spiro atoms. The van der Waals surface area contributed by atoms with Gasteiger partial charge in [-0.15, -0.1) is 21.5 Å². The first-order chi connectivity index (χ1) is 16.6. The summed E-state index contributed by atoms with van der Waals surface area (Å²) in [5.41, 5.74) is 2.10. The lowest BCUT2D eigenvalue weighted by Gasteiger charge is -2.12. The molecule has 0 bridgehead atoms. The number of rotatable bonds is 9. The summed E-state index contributed by atoms with van der Waals surface area (Å²) < 4.78 is 6.87. The fourth-order valence-electron chi connectivity index (χ4n) is 3.99. The molecule has 0 radical (unpaired) electrons. The van der Waals surface area contributed by atoms with Gasteiger partial charge in [0.25, 0.3) is 5.56 Å². The van der Waals surface area contributed by atoms with Crippen molar-refractivity contribution >= 4 is 55.7 Å². The Bertz CT molecular complexity index is 1380. The summed E-state index contributed by atoms with van der Waals surface area (Å²) in [7, 11) is 1.65. The number of hydrogen-bond acceptors (Lipinski definition) is 9. The number of aromatic nitrogens is 4. The predicted molar refractivity (Wildman–Crippen MR) is 137 cm³/mol. The van der Waals surface area contributed by atoms with E-state index in [9.17, 15) is 9.59 Å². The van der Waals surface area contributed by atoms with Crippen molar-refractivity contribution in [3.05, 3.63) is 51.1 Å². The highest BCUT2D eigenvalue weighted by atomic mass is 32.2. The summed E-state index contributed by atoms with van der Waals surface area (Å²) in [6, 6.07) is 9.71. The Morgan fingerprint density at radius 2 is 2.06 bits per heavy atom. The zero-order valence-electron chi connectivity index (χ0n) is 18.6. The topological polar surface area (TPSA) is 99.0 Å². The van der Waals surface area contributed by atoms with Gasteiger partial charge in [0.05, 0.1) is 11.1 Å². The van der Waals surface area contributed by atoms with Gasteiger partial charge in [0.2, 0.25) is 11.0 Å². The van der Waals surface area contributed by atoms with Gasteiger partial charge in [-0.2, -0.15) is 0 Å². The summed E-state index contributed by atoms with van der Waals surface area (Å²) in [4.78, 5) is 32.9. The molecule has 3 heterocycles. The molecular formula is C23H23N5O3S3. The van der Waals surface area contributed by atoms with Crippen LogP contribution in [0, 0.1) is 0 Å². The van der Waals surface area contributed by atoms with E-state index < -0.39 is 0 Å². The van der Waals surface area contributed by atoms with Crippen LogP contribution in [0.4, 0.5) is 5.13 Å². The second kappa shape index (κ2) is 10.3. The van der Waals surface area contributed by atoms with Gasteiger partial charge < -0.3 is 4.74 Å². The molecule has 1 amide bonds. The quantitative estimate of drug-likeness (QED) is 0.203. The normalized spacial score (nSPS) is 12.9. The van der Waals surface area contributed by atoms with E-state index in [4.69, 9.17) is 9.72 Å². The molecule has 3 aromatic heterocycles. The number of fused-ring (bicyclic) bond motifs is 3. The van der Waals surface area contributed by atoms with Crippen LogP contribution in [0.15, 0.2) is 40.3 Å². The SMILES string of the molecule is COCCCn1c(SCC(=O)Nc2nnc(-c3ccccc3)s2)nc2sc3c(c2c1=O)CCC3. The first-order valence-electron chi connectivity index (χ1n) is 11.0. The predicted octanol–water partition coefficient (Wildman–Crippen LogP) is 4.23. The molecule has 0 saturated carbocycles. The van der Waals surface area contributed by atoms with Crippen LogP contribution in [0.1, 0.15) is 23.3 Å². The number of ether oxygens (including phenoxy) is 1. The van der Waals surface area contributed by atoms with E-state index in [0.717, 1.165) is 45.6 Å². The molecular weight excluding hydrogens is 490 g/mol. The van der Waals surface area contributed by atoms with E-state index in [1.165, 1.54) is 28.0 Å². The monoisotopic (exact) mass is 513 g/mol. The van der Waals surface area contributed by atoms with Gasteiger partial charge in [0, 0.05) is 30.7 Å². The zero-order valence-corrected chi connectivity index (χ0v) is 21.0. The van der Waals surface area contributed by atoms with Crippen LogP contribution in [0.5, 0.6) is 0 Å². The maximum atomic E-state index is 13.4. The van der Waals surface area contributed by atoms with Crippen LogP contribution in [0.2, 0.25) is 0 Å². The fourth-order valence-corrected chi connectivity index (χ4v) is 6.88. The molecule has 8 nitrogen and oxygen atoms in total. The van der Waals surface area contributed by atoms with Crippen LogP contribution in [0.25, 0.3) is 20.8 Å². The van der Waals surface area contributed by atoms with Crippen LogP contribution < -0.4 is 10.9 Å². The second-order valence-corrected chi connectivity index (χ2v) is 10.9. The first kappa shape index (κ1) is 23.2. The highest BCUT2D eigenvalue weighted by molar-refractivity contribution is 7.99. The number of thiophene rings is 1. The third-order valence-corrected chi connectivity index (χ3v) is 8.59. The lowest BCUT2D eigenvalue weighted by Crippen LogP contribution is -2.25. The Morgan fingerprint density at radius 3 is 2.88 bits per heavy atom. The molecule has 0 saturated heterocycles. The van der Waals surface area contributed by atoms with Crippen molar-refractivity contribution in [2.24, 2.45) is 0 Å². The van der Waals surface area contributed by atoms with Crippen molar-refractivity contribution in [1.29, 1.82) is 0 Å². The maximum absolute atomic E-state index is 13.4. The summed E-state index contributed by atoms with van der Waals surface area (Å²) in [6.45, 7) is 1.05. The summed E-state index contributed by atoms with van der Waals surface area (Å²) in [6.07, 6.45) is 3.74. The lowest BCUT2D eigenvalue weighted by atomic mass is 10.2. The van der Waals surface area contributed by atoms with E-state index >= 15 is 0 Å². The van der Waals surface area contributed by atoms with Crippen molar-refractivity contribution in [2.75, 3.05) is 24.8 Å². The molecule has 34 heavy (non-hydrogen) atoms. The van der Waals surface area contributed by atoms with E-state index in [1.807, 2.05) is 30.3 Å². The Balaban J connectivity index is 1.33. The Labute approximate surface area is 208 Å². The van der Waals surface area contributed by atoms with Crippen molar-refractivity contribution < 1.29 is 9.53 Å². The molecule has 1 aromatic carbocycles. The molecule has 4 aromatic rings. The van der Waals surface area contributed by atoms with Gasteiger partial charge in [0.1, 0.15) is 9.84 Å². The maximum Gasteiger partial charge on any atom is 0.263 e. The van der Waals surface area contributed by atoms with Crippen molar-refractivity contribution in [2.45, 2.75) is 37.4 Å². The van der Waals surface area contributed by atoms with Gasteiger partial charge in [-0.25, -0.2) is 4.98 Å². The number of thioether (sulfide) groups is 1.